The number of rotatable bonds is 3. The normalized spacial score (nSPS) is 10.1. The van der Waals surface area contributed by atoms with Crippen molar-refractivity contribution in [1.82, 2.24) is 15.3 Å². The van der Waals surface area contributed by atoms with Gasteiger partial charge in [-0.25, -0.2) is 4.98 Å². The molecule has 1 N–H and O–H groups in total. The van der Waals surface area contributed by atoms with E-state index >= 15 is 0 Å². The van der Waals surface area contributed by atoms with E-state index in [1.54, 1.807) is 18.3 Å². The highest BCUT2D eigenvalue weighted by molar-refractivity contribution is 9.10. The number of hydrogen-bond donors (Lipinski definition) is 1. The molecule has 4 nitrogen and oxygen atoms in total. The first-order chi connectivity index (χ1) is 8.66. The minimum atomic E-state index is -0.153. The highest BCUT2D eigenvalue weighted by atomic mass is 79.9. The van der Waals surface area contributed by atoms with Crippen molar-refractivity contribution in [3.05, 3.63) is 58.1 Å². The van der Waals surface area contributed by atoms with E-state index in [1.807, 2.05) is 19.1 Å². The Balaban J connectivity index is 2.01. The van der Waals surface area contributed by atoms with Gasteiger partial charge in [0, 0.05) is 12.4 Å². The topological polar surface area (TPSA) is 54.9 Å². The lowest BCUT2D eigenvalue weighted by atomic mass is 10.2. The zero-order valence-corrected chi connectivity index (χ0v) is 11.4. The van der Waals surface area contributed by atoms with Gasteiger partial charge in [0.1, 0.15) is 4.60 Å². The Bertz CT molecular complexity index is 554. The van der Waals surface area contributed by atoms with Crippen LogP contribution in [0, 0.1) is 6.92 Å². The summed E-state index contributed by atoms with van der Waals surface area (Å²) in [7, 11) is 0. The lowest BCUT2D eigenvalue weighted by Crippen LogP contribution is -2.23. The highest BCUT2D eigenvalue weighted by Crippen LogP contribution is 2.07. The van der Waals surface area contributed by atoms with Gasteiger partial charge in [-0.15, -0.1) is 0 Å². The number of halogens is 1. The summed E-state index contributed by atoms with van der Waals surface area (Å²) in [6.45, 7) is 2.39. The van der Waals surface area contributed by atoms with Gasteiger partial charge < -0.3 is 5.32 Å². The van der Waals surface area contributed by atoms with Crippen LogP contribution in [0.2, 0.25) is 0 Å². The number of aryl methyl sites for hydroxylation is 1. The second-order valence-corrected chi connectivity index (χ2v) is 4.63. The molecule has 2 rings (SSSR count). The minimum Gasteiger partial charge on any atom is -0.346 e. The lowest BCUT2D eigenvalue weighted by molar-refractivity contribution is 0.0950. The highest BCUT2D eigenvalue weighted by Gasteiger charge is 2.06. The maximum absolute atomic E-state index is 11.8. The zero-order chi connectivity index (χ0) is 13.0. The summed E-state index contributed by atoms with van der Waals surface area (Å²) in [5.41, 5.74) is 2.47. The first kappa shape index (κ1) is 12.7. The van der Waals surface area contributed by atoms with Crippen molar-refractivity contribution in [3.8, 4) is 0 Å². The number of hydrogen-bond acceptors (Lipinski definition) is 3. The monoisotopic (exact) mass is 305 g/mol. The molecule has 2 aromatic heterocycles. The fourth-order valence-electron chi connectivity index (χ4n) is 1.48. The fourth-order valence-corrected chi connectivity index (χ4v) is 1.71. The Kier molecular flexibility index (Phi) is 4.04. The van der Waals surface area contributed by atoms with E-state index in [0.717, 1.165) is 11.3 Å². The van der Waals surface area contributed by atoms with E-state index < -0.39 is 0 Å². The van der Waals surface area contributed by atoms with Crippen molar-refractivity contribution < 1.29 is 4.79 Å². The Hall–Kier alpha value is -1.75. The van der Waals surface area contributed by atoms with Crippen molar-refractivity contribution in [1.29, 1.82) is 0 Å². The SMILES string of the molecule is Cc1cccnc1CNC(=O)c1ccc(Br)nc1. The van der Waals surface area contributed by atoms with Gasteiger partial charge in [0.15, 0.2) is 0 Å². The van der Waals surface area contributed by atoms with Gasteiger partial charge in [-0.05, 0) is 46.6 Å². The van der Waals surface area contributed by atoms with Crippen LogP contribution in [-0.4, -0.2) is 15.9 Å². The van der Waals surface area contributed by atoms with Crippen LogP contribution in [0.1, 0.15) is 21.6 Å². The molecule has 0 bridgehead atoms. The van der Waals surface area contributed by atoms with Gasteiger partial charge >= 0.3 is 0 Å². The second-order valence-electron chi connectivity index (χ2n) is 3.82. The molecule has 0 aliphatic rings. The third-order valence-electron chi connectivity index (χ3n) is 2.52. The van der Waals surface area contributed by atoms with E-state index in [-0.39, 0.29) is 5.91 Å². The number of pyridine rings is 2. The van der Waals surface area contributed by atoms with Crippen molar-refractivity contribution in [3.63, 3.8) is 0 Å². The molecule has 92 valence electrons. The van der Waals surface area contributed by atoms with Gasteiger partial charge in [-0.3, -0.25) is 9.78 Å². The molecular weight excluding hydrogens is 294 g/mol. The standard InChI is InChI=1S/C13H12BrN3O/c1-9-3-2-6-15-11(9)8-17-13(18)10-4-5-12(14)16-7-10/h2-7H,8H2,1H3,(H,17,18). The molecule has 0 spiro atoms. The van der Waals surface area contributed by atoms with Crippen LogP contribution in [0.15, 0.2) is 41.3 Å². The van der Waals surface area contributed by atoms with E-state index in [0.29, 0.717) is 16.7 Å². The Labute approximate surface area is 114 Å². The van der Waals surface area contributed by atoms with E-state index in [4.69, 9.17) is 0 Å². The number of nitrogens with zero attached hydrogens (tertiary/aromatic N) is 2. The molecule has 1 amide bonds. The van der Waals surface area contributed by atoms with E-state index in [1.165, 1.54) is 6.20 Å². The summed E-state index contributed by atoms with van der Waals surface area (Å²) in [5, 5.41) is 2.82. The Morgan fingerprint density at radius 3 is 2.83 bits per heavy atom. The first-order valence-corrected chi connectivity index (χ1v) is 6.26. The average Bonchev–Trinajstić information content (AvgIpc) is 2.38. The maximum Gasteiger partial charge on any atom is 0.253 e. The molecule has 0 fully saturated rings. The smallest absolute Gasteiger partial charge is 0.253 e. The average molecular weight is 306 g/mol. The Morgan fingerprint density at radius 1 is 1.33 bits per heavy atom. The quantitative estimate of drug-likeness (QED) is 0.886. The Morgan fingerprint density at radius 2 is 2.17 bits per heavy atom. The number of nitrogens with one attached hydrogen (secondary N) is 1. The minimum absolute atomic E-state index is 0.153. The predicted octanol–water partition coefficient (Wildman–Crippen LogP) is 2.48. The molecule has 0 unspecified atom stereocenters. The van der Waals surface area contributed by atoms with Crippen molar-refractivity contribution >= 4 is 21.8 Å². The van der Waals surface area contributed by atoms with Crippen LogP contribution in [-0.2, 0) is 6.54 Å². The van der Waals surface area contributed by atoms with E-state index in [2.05, 4.69) is 31.2 Å². The van der Waals surface area contributed by atoms with Gasteiger partial charge in [-0.2, -0.15) is 0 Å². The molecule has 5 heteroatoms. The van der Waals surface area contributed by atoms with Crippen LogP contribution in [0.5, 0.6) is 0 Å². The number of carbonyl (C=O) groups is 1. The molecule has 0 saturated heterocycles. The zero-order valence-electron chi connectivity index (χ0n) is 9.85. The summed E-state index contributed by atoms with van der Waals surface area (Å²) in [6, 6.07) is 7.30. The molecule has 2 aromatic rings. The van der Waals surface area contributed by atoms with Crippen molar-refractivity contribution in [2.45, 2.75) is 13.5 Å². The van der Waals surface area contributed by atoms with Crippen LogP contribution in [0.3, 0.4) is 0 Å². The first-order valence-electron chi connectivity index (χ1n) is 5.47. The summed E-state index contributed by atoms with van der Waals surface area (Å²) in [5.74, 6) is -0.153. The molecule has 18 heavy (non-hydrogen) atoms. The van der Waals surface area contributed by atoms with Crippen LogP contribution in [0.25, 0.3) is 0 Å². The predicted molar refractivity (Wildman–Crippen MR) is 72.1 cm³/mol. The number of amides is 1. The summed E-state index contributed by atoms with van der Waals surface area (Å²) in [4.78, 5) is 20.1. The molecule has 0 aromatic carbocycles. The van der Waals surface area contributed by atoms with E-state index in [9.17, 15) is 4.79 Å². The third kappa shape index (κ3) is 3.13. The fraction of sp³-hybridized carbons (Fsp3) is 0.154. The van der Waals surface area contributed by atoms with Gasteiger partial charge in [-0.1, -0.05) is 6.07 Å². The van der Waals surface area contributed by atoms with Gasteiger partial charge in [0.05, 0.1) is 17.8 Å². The third-order valence-corrected chi connectivity index (χ3v) is 2.99. The van der Waals surface area contributed by atoms with Gasteiger partial charge in [0.2, 0.25) is 0 Å². The maximum atomic E-state index is 11.8. The summed E-state index contributed by atoms with van der Waals surface area (Å²) < 4.78 is 0.708. The molecule has 0 atom stereocenters. The molecular formula is C13H12BrN3O. The number of carbonyl (C=O) groups excluding carboxylic acids is 1. The summed E-state index contributed by atoms with van der Waals surface area (Å²) >= 11 is 3.23. The molecule has 0 aliphatic carbocycles. The van der Waals surface area contributed by atoms with Crippen molar-refractivity contribution in [2.24, 2.45) is 0 Å². The largest absolute Gasteiger partial charge is 0.346 e. The van der Waals surface area contributed by atoms with Gasteiger partial charge in [0.25, 0.3) is 5.91 Å². The van der Waals surface area contributed by atoms with Crippen molar-refractivity contribution in [2.75, 3.05) is 0 Å². The number of aromatic nitrogens is 2. The molecule has 0 saturated carbocycles. The molecule has 2 heterocycles. The van der Waals surface area contributed by atoms with Crippen LogP contribution in [0.4, 0.5) is 0 Å². The lowest BCUT2D eigenvalue weighted by Gasteiger charge is -2.06. The van der Waals surface area contributed by atoms with Crippen LogP contribution < -0.4 is 5.32 Å². The molecule has 0 radical (unpaired) electrons. The summed E-state index contributed by atoms with van der Waals surface area (Å²) in [6.07, 6.45) is 3.25. The molecule has 0 aliphatic heterocycles. The second kappa shape index (κ2) is 5.73. The van der Waals surface area contributed by atoms with Crippen LogP contribution >= 0.6 is 15.9 Å².